The molecule has 0 aliphatic heterocycles. The zero-order chi connectivity index (χ0) is 18.4. The summed E-state index contributed by atoms with van der Waals surface area (Å²) in [5.41, 5.74) is 2.02. The number of hydrogen-bond acceptors (Lipinski definition) is 3. The van der Waals surface area contributed by atoms with Crippen LogP contribution < -0.4 is 10.1 Å². The summed E-state index contributed by atoms with van der Waals surface area (Å²) in [7, 11) is 1.57. The van der Waals surface area contributed by atoms with E-state index in [0.717, 1.165) is 5.56 Å². The Hall–Kier alpha value is -2.54. The number of amides is 1. The number of ether oxygens (including phenoxy) is 2. The van der Waals surface area contributed by atoms with E-state index in [1.54, 1.807) is 32.2 Å². The number of carbonyl (C=O) groups is 1. The molecule has 1 atom stereocenters. The van der Waals surface area contributed by atoms with Crippen LogP contribution in [0.25, 0.3) is 0 Å². The third kappa shape index (κ3) is 5.79. The minimum absolute atomic E-state index is 0.277. The van der Waals surface area contributed by atoms with E-state index in [1.165, 1.54) is 24.3 Å². The Morgan fingerprint density at radius 1 is 1.16 bits per heavy atom. The maximum absolute atomic E-state index is 12.3. The van der Waals surface area contributed by atoms with Crippen molar-refractivity contribution in [3.8, 4) is 5.75 Å². The van der Waals surface area contributed by atoms with Crippen molar-refractivity contribution in [3.05, 3.63) is 65.2 Å². The summed E-state index contributed by atoms with van der Waals surface area (Å²) in [6.07, 6.45) is -4.73. The minimum atomic E-state index is -4.73. The van der Waals surface area contributed by atoms with Crippen molar-refractivity contribution < 1.29 is 27.4 Å². The van der Waals surface area contributed by atoms with E-state index >= 15 is 0 Å². The number of rotatable bonds is 6. The fourth-order valence-corrected chi connectivity index (χ4v) is 2.29. The van der Waals surface area contributed by atoms with Crippen molar-refractivity contribution in [1.82, 2.24) is 5.32 Å². The van der Waals surface area contributed by atoms with Gasteiger partial charge < -0.3 is 14.8 Å². The average molecular weight is 353 g/mol. The lowest BCUT2D eigenvalue weighted by Crippen LogP contribution is -2.26. The first-order chi connectivity index (χ1) is 11.8. The van der Waals surface area contributed by atoms with E-state index in [0.29, 0.717) is 17.7 Å². The Bertz CT molecular complexity index is 714. The van der Waals surface area contributed by atoms with E-state index in [2.05, 4.69) is 10.1 Å². The van der Waals surface area contributed by atoms with Gasteiger partial charge in [0.25, 0.3) is 5.91 Å². The smallest absolute Gasteiger partial charge is 0.406 e. The second-order valence-electron chi connectivity index (χ2n) is 5.45. The van der Waals surface area contributed by atoms with Gasteiger partial charge in [-0.05, 0) is 42.3 Å². The highest BCUT2D eigenvalue weighted by molar-refractivity contribution is 5.94. The van der Waals surface area contributed by atoms with Crippen LogP contribution >= 0.6 is 0 Å². The number of alkyl halides is 3. The first kappa shape index (κ1) is 18.8. The van der Waals surface area contributed by atoms with Crippen LogP contribution in [0.1, 0.15) is 34.5 Å². The molecule has 0 spiro atoms. The molecule has 0 heterocycles. The molecule has 25 heavy (non-hydrogen) atoms. The van der Waals surface area contributed by atoms with Gasteiger partial charge in [0, 0.05) is 12.7 Å². The molecule has 1 unspecified atom stereocenters. The molecule has 4 nitrogen and oxygen atoms in total. The van der Waals surface area contributed by atoms with Crippen LogP contribution in [0.2, 0.25) is 0 Å². The van der Waals surface area contributed by atoms with Crippen molar-refractivity contribution in [2.45, 2.75) is 25.9 Å². The number of halogens is 3. The molecule has 0 fully saturated rings. The third-order valence-corrected chi connectivity index (χ3v) is 3.46. The van der Waals surface area contributed by atoms with Crippen molar-refractivity contribution in [2.75, 3.05) is 7.11 Å². The molecule has 1 N–H and O–H groups in total. The van der Waals surface area contributed by atoms with E-state index in [1.807, 2.05) is 6.07 Å². The fourth-order valence-electron chi connectivity index (χ4n) is 2.29. The molecule has 0 aromatic heterocycles. The van der Waals surface area contributed by atoms with Gasteiger partial charge in [-0.3, -0.25) is 4.79 Å². The van der Waals surface area contributed by atoms with Gasteiger partial charge in [0.2, 0.25) is 0 Å². The monoisotopic (exact) mass is 353 g/mol. The minimum Gasteiger partial charge on any atom is -0.406 e. The lowest BCUT2D eigenvalue weighted by Gasteiger charge is -2.16. The molecule has 134 valence electrons. The Morgan fingerprint density at radius 3 is 2.44 bits per heavy atom. The fraction of sp³-hybridized carbons (Fsp3) is 0.278. The molecule has 0 saturated heterocycles. The average Bonchev–Trinajstić information content (AvgIpc) is 2.54. The number of carbonyl (C=O) groups excluding carboxylic acids is 1. The van der Waals surface area contributed by atoms with Crippen LogP contribution in [0.4, 0.5) is 13.2 Å². The van der Waals surface area contributed by atoms with Gasteiger partial charge in [-0.15, -0.1) is 13.2 Å². The highest BCUT2D eigenvalue weighted by atomic mass is 19.4. The van der Waals surface area contributed by atoms with Crippen LogP contribution in [-0.2, 0) is 11.3 Å². The predicted molar refractivity (Wildman–Crippen MR) is 86.2 cm³/mol. The summed E-state index contributed by atoms with van der Waals surface area (Å²) < 4.78 is 45.3. The predicted octanol–water partition coefficient (Wildman–Crippen LogP) is 4.22. The van der Waals surface area contributed by atoms with Crippen molar-refractivity contribution in [3.63, 3.8) is 0 Å². The Kier molecular flexibility index (Phi) is 6.03. The molecular weight excluding hydrogens is 335 g/mol. The summed E-state index contributed by atoms with van der Waals surface area (Å²) in [5.74, 6) is -0.580. The van der Waals surface area contributed by atoms with Crippen molar-refractivity contribution >= 4 is 5.91 Å². The van der Waals surface area contributed by atoms with Gasteiger partial charge in [0.05, 0.1) is 12.6 Å². The lowest BCUT2D eigenvalue weighted by atomic mass is 10.1. The molecular formula is C18H18F3NO3. The van der Waals surface area contributed by atoms with Gasteiger partial charge >= 0.3 is 6.36 Å². The number of methoxy groups -OCH3 is 1. The van der Waals surface area contributed by atoms with Crippen LogP contribution in [0.15, 0.2) is 48.5 Å². The van der Waals surface area contributed by atoms with Crippen LogP contribution in [0.3, 0.4) is 0 Å². The van der Waals surface area contributed by atoms with Crippen molar-refractivity contribution in [2.24, 2.45) is 0 Å². The zero-order valence-electron chi connectivity index (χ0n) is 13.8. The largest absolute Gasteiger partial charge is 0.573 e. The Balaban J connectivity index is 2.02. The normalized spacial score (nSPS) is 12.5. The standard InChI is InChI=1S/C18H18F3NO3/c1-12(14-6-8-16(9-7-14)25-18(19,20)21)22-17(23)15-5-3-4-13(10-15)11-24-2/h3-10,12H,11H2,1-2H3,(H,22,23). The van der Waals surface area contributed by atoms with E-state index < -0.39 is 6.36 Å². The molecule has 0 aliphatic rings. The third-order valence-electron chi connectivity index (χ3n) is 3.46. The van der Waals surface area contributed by atoms with Gasteiger partial charge in [-0.1, -0.05) is 24.3 Å². The van der Waals surface area contributed by atoms with Gasteiger partial charge in [0.1, 0.15) is 5.75 Å². The van der Waals surface area contributed by atoms with E-state index in [4.69, 9.17) is 4.74 Å². The van der Waals surface area contributed by atoms with E-state index in [9.17, 15) is 18.0 Å². The quantitative estimate of drug-likeness (QED) is 0.846. The summed E-state index contributed by atoms with van der Waals surface area (Å²) in [6, 6.07) is 12.0. The first-order valence-electron chi connectivity index (χ1n) is 7.53. The zero-order valence-corrected chi connectivity index (χ0v) is 13.8. The SMILES string of the molecule is COCc1cccc(C(=O)NC(C)c2ccc(OC(F)(F)F)cc2)c1. The molecule has 7 heteroatoms. The molecule has 0 bridgehead atoms. The van der Waals surface area contributed by atoms with Crippen LogP contribution in [0, 0.1) is 0 Å². The number of hydrogen-bond donors (Lipinski definition) is 1. The summed E-state index contributed by atoms with van der Waals surface area (Å²) in [4.78, 5) is 12.3. The molecule has 2 rings (SSSR count). The molecule has 0 saturated carbocycles. The molecule has 0 radical (unpaired) electrons. The number of nitrogens with one attached hydrogen (secondary N) is 1. The van der Waals surface area contributed by atoms with Crippen LogP contribution in [0.5, 0.6) is 5.75 Å². The van der Waals surface area contributed by atoms with Crippen molar-refractivity contribution in [1.29, 1.82) is 0 Å². The first-order valence-corrected chi connectivity index (χ1v) is 7.53. The maximum atomic E-state index is 12.3. The number of benzene rings is 2. The van der Waals surface area contributed by atoms with Gasteiger partial charge in [0.15, 0.2) is 0 Å². The molecule has 2 aromatic rings. The highest BCUT2D eigenvalue weighted by Gasteiger charge is 2.31. The van der Waals surface area contributed by atoms with Crippen LogP contribution in [-0.4, -0.2) is 19.4 Å². The molecule has 1 amide bonds. The molecule has 2 aromatic carbocycles. The van der Waals surface area contributed by atoms with E-state index in [-0.39, 0.29) is 17.7 Å². The van der Waals surface area contributed by atoms with Gasteiger partial charge in [-0.2, -0.15) is 0 Å². The summed E-state index contributed by atoms with van der Waals surface area (Å²) >= 11 is 0. The summed E-state index contributed by atoms with van der Waals surface area (Å²) in [6.45, 7) is 2.15. The second-order valence-corrected chi connectivity index (χ2v) is 5.45. The topological polar surface area (TPSA) is 47.6 Å². The van der Waals surface area contributed by atoms with Gasteiger partial charge in [-0.25, -0.2) is 0 Å². The second kappa shape index (κ2) is 8.02. The summed E-state index contributed by atoms with van der Waals surface area (Å²) in [5, 5.41) is 2.81. The lowest BCUT2D eigenvalue weighted by molar-refractivity contribution is -0.274. The Labute approximate surface area is 143 Å². The maximum Gasteiger partial charge on any atom is 0.573 e. The molecule has 0 aliphatic carbocycles. The Morgan fingerprint density at radius 2 is 1.84 bits per heavy atom. The highest BCUT2D eigenvalue weighted by Crippen LogP contribution is 2.24.